The van der Waals surface area contributed by atoms with Crippen LogP contribution in [0.25, 0.3) is 0 Å². The van der Waals surface area contributed by atoms with E-state index < -0.39 is 23.0 Å². The predicted octanol–water partition coefficient (Wildman–Crippen LogP) is 4.32. The van der Waals surface area contributed by atoms with Gasteiger partial charge in [-0.25, -0.2) is 8.78 Å². The van der Waals surface area contributed by atoms with E-state index in [0.29, 0.717) is 0 Å². The van der Waals surface area contributed by atoms with E-state index in [0.717, 1.165) is 22.8 Å². The summed E-state index contributed by atoms with van der Waals surface area (Å²) >= 11 is 0. The zero-order valence-electron chi connectivity index (χ0n) is 11.8. The molecule has 2 rings (SSSR count). The highest BCUT2D eigenvalue weighted by molar-refractivity contribution is 5.98. The van der Waals surface area contributed by atoms with Crippen molar-refractivity contribution in [1.29, 1.82) is 0 Å². The van der Waals surface area contributed by atoms with Crippen molar-refractivity contribution in [3.8, 4) is 0 Å². The Hall–Kier alpha value is -2.03. The van der Waals surface area contributed by atoms with Crippen LogP contribution in [0.1, 0.15) is 32.6 Å². The number of aryl methyl sites for hydroxylation is 3. The van der Waals surface area contributed by atoms with Crippen LogP contribution in [0.2, 0.25) is 0 Å². The monoisotopic (exact) mass is 274 g/mol. The third kappa shape index (κ3) is 2.77. The van der Waals surface area contributed by atoms with Gasteiger partial charge in [-0.3, -0.25) is 4.79 Å². The van der Waals surface area contributed by atoms with Gasteiger partial charge in [-0.1, -0.05) is 29.8 Å². The minimum atomic E-state index is -0.802. The van der Waals surface area contributed by atoms with Crippen LogP contribution >= 0.6 is 0 Å². The minimum Gasteiger partial charge on any atom is -0.294 e. The molecule has 1 nitrogen and oxygen atoms in total. The van der Waals surface area contributed by atoms with Gasteiger partial charge in [0.1, 0.15) is 11.6 Å². The molecule has 0 spiro atoms. The highest BCUT2D eigenvalue weighted by Crippen LogP contribution is 2.20. The van der Waals surface area contributed by atoms with E-state index >= 15 is 0 Å². The van der Waals surface area contributed by atoms with E-state index in [-0.39, 0.29) is 12.0 Å². The second-order valence-corrected chi connectivity index (χ2v) is 5.08. The number of hydrogen-bond acceptors (Lipinski definition) is 1. The molecule has 0 unspecified atom stereocenters. The third-order valence-electron chi connectivity index (χ3n) is 3.42. The summed E-state index contributed by atoms with van der Waals surface area (Å²) in [6, 6.07) is 8.19. The molecule has 0 bridgehead atoms. The maximum atomic E-state index is 13.9. The van der Waals surface area contributed by atoms with Crippen molar-refractivity contribution in [2.75, 3.05) is 0 Å². The van der Waals surface area contributed by atoms with Gasteiger partial charge in [-0.05, 0) is 43.5 Å². The van der Waals surface area contributed by atoms with E-state index in [1.54, 1.807) is 0 Å². The summed E-state index contributed by atoms with van der Waals surface area (Å²) < 4.78 is 27.6. The zero-order chi connectivity index (χ0) is 14.9. The number of halogens is 2. The van der Waals surface area contributed by atoms with Gasteiger partial charge in [-0.15, -0.1) is 0 Å². The van der Waals surface area contributed by atoms with Crippen LogP contribution in [-0.2, 0) is 6.42 Å². The van der Waals surface area contributed by atoms with Crippen LogP contribution in [0.4, 0.5) is 8.78 Å². The molecule has 20 heavy (non-hydrogen) atoms. The van der Waals surface area contributed by atoms with Crippen LogP contribution in [0, 0.1) is 32.4 Å². The van der Waals surface area contributed by atoms with Crippen molar-refractivity contribution in [3.63, 3.8) is 0 Å². The number of Topliss-reactive ketones (excluding diaryl/α,β-unsaturated/α-hetero) is 1. The highest BCUT2D eigenvalue weighted by Gasteiger charge is 2.19. The van der Waals surface area contributed by atoms with E-state index in [9.17, 15) is 13.6 Å². The second-order valence-electron chi connectivity index (χ2n) is 5.08. The minimum absolute atomic E-state index is 0.00477. The number of rotatable bonds is 3. The SMILES string of the molecule is Cc1ccc(C)c(CC(=O)c2c(F)ccc(C)c2F)c1. The molecule has 0 aromatic heterocycles. The first-order valence-corrected chi connectivity index (χ1v) is 6.44. The first-order valence-electron chi connectivity index (χ1n) is 6.44. The van der Waals surface area contributed by atoms with Crippen molar-refractivity contribution < 1.29 is 13.6 Å². The van der Waals surface area contributed by atoms with Crippen molar-refractivity contribution in [3.05, 3.63) is 69.8 Å². The number of carbonyl (C=O) groups excluding carboxylic acids is 1. The van der Waals surface area contributed by atoms with Crippen molar-refractivity contribution in [2.45, 2.75) is 27.2 Å². The number of hydrogen-bond donors (Lipinski definition) is 0. The fraction of sp³-hybridized carbons (Fsp3) is 0.235. The number of ketones is 1. The van der Waals surface area contributed by atoms with Crippen LogP contribution in [-0.4, -0.2) is 5.78 Å². The predicted molar refractivity (Wildman–Crippen MR) is 75.0 cm³/mol. The van der Waals surface area contributed by atoms with Gasteiger partial charge in [0.2, 0.25) is 0 Å². The lowest BCUT2D eigenvalue weighted by molar-refractivity contribution is 0.0984. The van der Waals surface area contributed by atoms with Crippen molar-refractivity contribution >= 4 is 5.78 Å². The maximum Gasteiger partial charge on any atom is 0.173 e. The maximum absolute atomic E-state index is 13.9. The number of carbonyl (C=O) groups is 1. The lowest BCUT2D eigenvalue weighted by Gasteiger charge is -2.09. The van der Waals surface area contributed by atoms with Gasteiger partial charge in [0.05, 0.1) is 5.56 Å². The molecule has 0 aliphatic carbocycles. The quantitative estimate of drug-likeness (QED) is 0.762. The average molecular weight is 274 g/mol. The standard InChI is InChI=1S/C17H16F2O/c1-10-4-5-11(2)13(8-10)9-15(20)16-14(18)7-6-12(3)17(16)19/h4-8H,9H2,1-3H3. The fourth-order valence-electron chi connectivity index (χ4n) is 2.16. The molecule has 0 fully saturated rings. The average Bonchev–Trinajstić information content (AvgIpc) is 2.39. The summed E-state index contributed by atoms with van der Waals surface area (Å²) in [5.74, 6) is -2.10. The third-order valence-corrected chi connectivity index (χ3v) is 3.42. The van der Waals surface area contributed by atoms with Crippen LogP contribution in [0.15, 0.2) is 30.3 Å². The molecular weight excluding hydrogens is 258 g/mol. The molecule has 0 heterocycles. The first kappa shape index (κ1) is 14.4. The number of benzene rings is 2. The Morgan fingerprint density at radius 1 is 1.00 bits per heavy atom. The Morgan fingerprint density at radius 2 is 1.65 bits per heavy atom. The molecule has 0 saturated carbocycles. The summed E-state index contributed by atoms with van der Waals surface area (Å²) in [7, 11) is 0. The van der Waals surface area contributed by atoms with Crippen LogP contribution in [0.3, 0.4) is 0 Å². The Bertz CT molecular complexity index is 675. The van der Waals surface area contributed by atoms with Crippen molar-refractivity contribution in [1.82, 2.24) is 0 Å². The molecule has 104 valence electrons. The van der Waals surface area contributed by atoms with Crippen molar-refractivity contribution in [2.24, 2.45) is 0 Å². The van der Waals surface area contributed by atoms with E-state index in [4.69, 9.17) is 0 Å². The molecule has 0 radical (unpaired) electrons. The Kier molecular flexibility index (Phi) is 3.98. The van der Waals surface area contributed by atoms with E-state index in [1.807, 2.05) is 32.0 Å². The normalized spacial score (nSPS) is 10.7. The summed E-state index contributed by atoms with van der Waals surface area (Å²) in [4.78, 5) is 12.2. The van der Waals surface area contributed by atoms with Gasteiger partial charge < -0.3 is 0 Å². The topological polar surface area (TPSA) is 17.1 Å². The lowest BCUT2D eigenvalue weighted by atomic mass is 9.96. The summed E-state index contributed by atoms with van der Waals surface area (Å²) in [5, 5.41) is 0. The summed E-state index contributed by atoms with van der Waals surface area (Å²) in [5.41, 5.74) is 2.60. The molecule has 0 amide bonds. The Labute approximate surface area is 117 Å². The van der Waals surface area contributed by atoms with Gasteiger partial charge in [0.25, 0.3) is 0 Å². The molecule has 0 saturated heterocycles. The second kappa shape index (κ2) is 5.53. The Balaban J connectivity index is 2.38. The first-order chi connectivity index (χ1) is 9.40. The molecule has 0 aliphatic heterocycles. The Morgan fingerprint density at radius 3 is 2.35 bits per heavy atom. The van der Waals surface area contributed by atoms with Gasteiger partial charge in [0.15, 0.2) is 5.78 Å². The lowest BCUT2D eigenvalue weighted by Crippen LogP contribution is -2.11. The zero-order valence-corrected chi connectivity index (χ0v) is 11.8. The summed E-state index contributed by atoms with van der Waals surface area (Å²) in [6.45, 7) is 5.32. The molecule has 2 aromatic rings. The van der Waals surface area contributed by atoms with E-state index in [2.05, 4.69) is 0 Å². The van der Waals surface area contributed by atoms with Crippen LogP contribution in [0.5, 0.6) is 0 Å². The smallest absolute Gasteiger partial charge is 0.173 e. The van der Waals surface area contributed by atoms with Gasteiger partial charge >= 0.3 is 0 Å². The molecule has 0 N–H and O–H groups in total. The van der Waals surface area contributed by atoms with Crippen LogP contribution < -0.4 is 0 Å². The molecular formula is C17H16F2O. The van der Waals surface area contributed by atoms with Gasteiger partial charge in [0, 0.05) is 6.42 Å². The van der Waals surface area contributed by atoms with E-state index in [1.165, 1.54) is 13.0 Å². The fourth-order valence-corrected chi connectivity index (χ4v) is 2.16. The molecule has 0 aliphatic rings. The van der Waals surface area contributed by atoms with Gasteiger partial charge in [-0.2, -0.15) is 0 Å². The highest BCUT2D eigenvalue weighted by atomic mass is 19.1. The molecule has 0 atom stereocenters. The molecule has 3 heteroatoms. The molecule has 2 aromatic carbocycles. The largest absolute Gasteiger partial charge is 0.294 e. The summed E-state index contributed by atoms with van der Waals surface area (Å²) in [6.07, 6.45) is 0.00477.